The number of nitrogens with one attached hydrogen (secondary N) is 1. The van der Waals surface area contributed by atoms with Crippen molar-refractivity contribution in [2.75, 3.05) is 25.5 Å². The number of aliphatic carboxylic acids is 1. The number of rotatable bonds is 12. The predicted octanol–water partition coefficient (Wildman–Crippen LogP) is 6.11. The minimum Gasteiger partial charge on any atom is -0.494 e. The maximum Gasteiger partial charge on any atom is 0.305 e. The molecule has 1 amide bonds. The number of ether oxygens (including phenoxy) is 1. The van der Waals surface area contributed by atoms with Gasteiger partial charge >= 0.3 is 5.97 Å². The Morgan fingerprint density at radius 3 is 2.54 bits per heavy atom. The molecule has 1 aliphatic rings. The molecule has 1 heterocycles. The normalized spacial score (nSPS) is 14.5. The zero-order chi connectivity index (χ0) is 27.8. The van der Waals surface area contributed by atoms with Crippen LogP contribution in [0.5, 0.6) is 5.75 Å². The van der Waals surface area contributed by atoms with Crippen molar-refractivity contribution >= 4 is 17.6 Å². The van der Waals surface area contributed by atoms with Gasteiger partial charge < -0.3 is 20.1 Å². The van der Waals surface area contributed by atoms with Crippen molar-refractivity contribution in [3.05, 3.63) is 71.5 Å². The number of aryl methyl sites for hydroxylation is 1. The maximum absolute atomic E-state index is 12.7. The summed E-state index contributed by atoms with van der Waals surface area (Å²) in [4.78, 5) is 25.1. The molecule has 2 N–H and O–H groups in total. The fraction of sp³-hybridized carbons (Fsp3) is 0.452. The van der Waals surface area contributed by atoms with Crippen LogP contribution < -0.4 is 10.1 Å². The van der Waals surface area contributed by atoms with E-state index < -0.39 is 5.97 Å². The topological polar surface area (TPSA) is 96.7 Å². The highest BCUT2D eigenvalue weighted by Gasteiger charge is 2.29. The van der Waals surface area contributed by atoms with Gasteiger partial charge in [-0.05, 0) is 68.5 Å². The molecule has 1 aliphatic carbocycles. The smallest absolute Gasteiger partial charge is 0.305 e. The van der Waals surface area contributed by atoms with Crippen molar-refractivity contribution in [2.24, 2.45) is 5.92 Å². The number of anilines is 1. The molecule has 8 heteroatoms. The Bertz CT molecular complexity index is 1250. The molecule has 0 radical (unpaired) electrons. The van der Waals surface area contributed by atoms with Crippen LogP contribution in [-0.2, 0) is 11.2 Å². The Morgan fingerprint density at radius 2 is 1.87 bits per heavy atom. The van der Waals surface area contributed by atoms with Gasteiger partial charge in [0.05, 0.1) is 30.5 Å². The molecule has 3 aromatic rings. The summed E-state index contributed by atoms with van der Waals surface area (Å²) in [6.45, 7) is 4.92. The highest BCUT2D eigenvalue weighted by Crippen LogP contribution is 2.38. The van der Waals surface area contributed by atoms with Crippen LogP contribution in [0.4, 0.5) is 5.69 Å². The lowest BCUT2D eigenvalue weighted by Crippen LogP contribution is -2.29. The minimum absolute atomic E-state index is 0.0751. The van der Waals surface area contributed by atoms with Gasteiger partial charge in [0.15, 0.2) is 0 Å². The van der Waals surface area contributed by atoms with Crippen molar-refractivity contribution in [1.29, 1.82) is 0 Å². The fourth-order valence-corrected chi connectivity index (χ4v) is 5.36. The van der Waals surface area contributed by atoms with Gasteiger partial charge in [0, 0.05) is 42.7 Å². The number of aromatic nitrogens is 2. The fourth-order valence-electron chi connectivity index (χ4n) is 5.36. The lowest BCUT2D eigenvalue weighted by atomic mass is 9.81. The molecule has 0 bridgehead atoms. The Hall–Kier alpha value is -3.81. The number of nitrogens with zero attached hydrogens (tertiary/aromatic N) is 3. The van der Waals surface area contributed by atoms with Gasteiger partial charge in [-0.2, -0.15) is 5.10 Å². The van der Waals surface area contributed by atoms with Crippen LogP contribution in [0.3, 0.4) is 0 Å². The van der Waals surface area contributed by atoms with E-state index in [4.69, 9.17) is 14.9 Å². The van der Waals surface area contributed by atoms with Crippen LogP contribution >= 0.6 is 0 Å². The summed E-state index contributed by atoms with van der Waals surface area (Å²) in [5.74, 6) is 0.213. The SMILES string of the molecule is CCOc1cccc(-n2cc(C(Nc3ccc(C(=O)N(C)CCC(=O)O)cc3)C3CCCCC3)c(CC)n2)c1. The zero-order valence-corrected chi connectivity index (χ0v) is 23.2. The summed E-state index contributed by atoms with van der Waals surface area (Å²) in [5.41, 5.74) is 4.74. The average Bonchev–Trinajstić information content (AvgIpc) is 3.39. The number of hydrogen-bond acceptors (Lipinski definition) is 5. The Kier molecular flexibility index (Phi) is 9.63. The standard InChI is InChI=1S/C31H40N4O4/c1-4-28-27(21-35(33-28)25-12-9-13-26(20-25)39-5-2)30(22-10-7-6-8-11-22)32-24-16-14-23(15-17-24)31(38)34(3)19-18-29(36)37/h9,12-17,20-22,30,32H,4-8,10-11,18-19H2,1-3H3,(H,36,37). The second-order valence-electron chi connectivity index (χ2n) is 10.2. The van der Waals surface area contributed by atoms with Crippen LogP contribution in [0.15, 0.2) is 54.7 Å². The molecule has 4 rings (SSSR count). The predicted molar refractivity (Wildman–Crippen MR) is 153 cm³/mol. The first-order valence-electron chi connectivity index (χ1n) is 14.0. The summed E-state index contributed by atoms with van der Waals surface area (Å²) in [5, 5.41) is 17.7. The molecule has 1 fully saturated rings. The molecule has 0 aliphatic heterocycles. The summed E-state index contributed by atoms with van der Waals surface area (Å²) in [7, 11) is 1.63. The van der Waals surface area contributed by atoms with Crippen molar-refractivity contribution in [1.82, 2.24) is 14.7 Å². The molecule has 1 atom stereocenters. The minimum atomic E-state index is -0.917. The first kappa shape index (κ1) is 28.2. The van der Waals surface area contributed by atoms with Crippen LogP contribution in [0.2, 0.25) is 0 Å². The zero-order valence-electron chi connectivity index (χ0n) is 23.2. The molecule has 1 aromatic heterocycles. The summed E-state index contributed by atoms with van der Waals surface area (Å²) < 4.78 is 7.67. The molecule has 2 aromatic carbocycles. The maximum atomic E-state index is 12.7. The second-order valence-corrected chi connectivity index (χ2v) is 10.2. The highest BCUT2D eigenvalue weighted by atomic mass is 16.5. The first-order chi connectivity index (χ1) is 18.9. The average molecular weight is 533 g/mol. The van der Waals surface area contributed by atoms with Crippen LogP contribution in [0.1, 0.15) is 80.0 Å². The number of carboxylic acids is 1. The van der Waals surface area contributed by atoms with Gasteiger partial charge in [-0.15, -0.1) is 0 Å². The van der Waals surface area contributed by atoms with Crippen molar-refractivity contribution in [3.8, 4) is 11.4 Å². The number of amides is 1. The Labute approximate surface area is 231 Å². The van der Waals surface area contributed by atoms with E-state index in [0.29, 0.717) is 18.1 Å². The lowest BCUT2D eigenvalue weighted by Gasteiger charge is -2.32. The van der Waals surface area contributed by atoms with Gasteiger partial charge in [-0.3, -0.25) is 9.59 Å². The number of carbonyl (C=O) groups is 2. The highest BCUT2D eigenvalue weighted by molar-refractivity contribution is 5.94. The number of carboxylic acid groups (broad SMARTS) is 1. The molecular formula is C31H40N4O4. The van der Waals surface area contributed by atoms with Crippen molar-refractivity contribution in [3.63, 3.8) is 0 Å². The summed E-state index contributed by atoms with van der Waals surface area (Å²) in [6, 6.07) is 15.6. The Balaban J connectivity index is 1.59. The second kappa shape index (κ2) is 13.3. The van der Waals surface area contributed by atoms with Gasteiger partial charge in [0.1, 0.15) is 5.75 Å². The number of benzene rings is 2. The van der Waals surface area contributed by atoms with E-state index in [1.165, 1.54) is 29.7 Å². The molecule has 8 nitrogen and oxygen atoms in total. The van der Waals surface area contributed by atoms with Crippen LogP contribution in [0, 0.1) is 5.92 Å². The molecule has 0 spiro atoms. The van der Waals surface area contributed by atoms with E-state index in [1.807, 2.05) is 60.1 Å². The molecular weight excluding hydrogens is 492 g/mol. The van der Waals surface area contributed by atoms with E-state index in [1.54, 1.807) is 7.05 Å². The molecule has 208 valence electrons. The largest absolute Gasteiger partial charge is 0.494 e. The molecule has 39 heavy (non-hydrogen) atoms. The van der Waals surface area contributed by atoms with Crippen LogP contribution in [0.25, 0.3) is 5.69 Å². The van der Waals surface area contributed by atoms with Gasteiger partial charge in [-0.25, -0.2) is 4.68 Å². The third-order valence-electron chi connectivity index (χ3n) is 7.47. The first-order valence-corrected chi connectivity index (χ1v) is 14.0. The third-order valence-corrected chi connectivity index (χ3v) is 7.47. The molecule has 1 unspecified atom stereocenters. The number of hydrogen-bond donors (Lipinski definition) is 2. The molecule has 1 saturated carbocycles. The van der Waals surface area contributed by atoms with Crippen molar-refractivity contribution < 1.29 is 19.4 Å². The number of carbonyl (C=O) groups excluding carboxylic acids is 1. The third kappa shape index (κ3) is 7.19. The van der Waals surface area contributed by atoms with E-state index in [9.17, 15) is 9.59 Å². The quantitative estimate of drug-likeness (QED) is 0.292. The molecule has 0 saturated heterocycles. The van der Waals surface area contributed by atoms with Crippen molar-refractivity contribution in [2.45, 2.75) is 64.8 Å². The van der Waals surface area contributed by atoms with Gasteiger partial charge in [0.25, 0.3) is 5.91 Å². The summed E-state index contributed by atoms with van der Waals surface area (Å²) >= 11 is 0. The summed E-state index contributed by atoms with van der Waals surface area (Å²) in [6.07, 6.45) is 8.97. The van der Waals surface area contributed by atoms with E-state index in [0.717, 1.165) is 42.1 Å². The van der Waals surface area contributed by atoms with E-state index in [-0.39, 0.29) is 24.9 Å². The van der Waals surface area contributed by atoms with E-state index >= 15 is 0 Å². The monoisotopic (exact) mass is 532 g/mol. The van der Waals surface area contributed by atoms with Gasteiger partial charge in [-0.1, -0.05) is 32.3 Å². The van der Waals surface area contributed by atoms with Gasteiger partial charge in [0.2, 0.25) is 0 Å². The van der Waals surface area contributed by atoms with E-state index in [2.05, 4.69) is 18.4 Å². The Morgan fingerprint density at radius 1 is 1.13 bits per heavy atom. The lowest BCUT2D eigenvalue weighted by molar-refractivity contribution is -0.137. The van der Waals surface area contributed by atoms with Crippen LogP contribution in [-0.4, -0.2) is 51.9 Å².